The van der Waals surface area contributed by atoms with Crippen LogP contribution in [-0.2, 0) is 17.6 Å². The van der Waals surface area contributed by atoms with E-state index in [9.17, 15) is 5.11 Å². The Labute approximate surface area is 182 Å². The highest BCUT2D eigenvalue weighted by atomic mass is 32.1. The third kappa shape index (κ3) is 3.45. The zero-order valence-electron chi connectivity index (χ0n) is 16.9. The van der Waals surface area contributed by atoms with Crippen LogP contribution in [0.4, 0.5) is 11.6 Å². The molecule has 31 heavy (non-hydrogen) atoms. The van der Waals surface area contributed by atoms with Crippen molar-refractivity contribution in [2.24, 2.45) is 5.92 Å². The summed E-state index contributed by atoms with van der Waals surface area (Å²) in [6.07, 6.45) is 7.46. The van der Waals surface area contributed by atoms with Crippen LogP contribution in [0.15, 0.2) is 24.8 Å². The first-order chi connectivity index (χ1) is 15.3. The molecular weight excluding hydrogens is 414 g/mol. The van der Waals surface area contributed by atoms with Crippen molar-refractivity contribution in [3.63, 3.8) is 0 Å². The average Bonchev–Trinajstić information content (AvgIpc) is 3.43. The minimum atomic E-state index is -0.420. The molecule has 4 aromatic heterocycles. The van der Waals surface area contributed by atoms with Crippen LogP contribution in [0.3, 0.4) is 0 Å². The van der Waals surface area contributed by atoms with Crippen LogP contribution in [0.5, 0.6) is 0 Å². The van der Waals surface area contributed by atoms with E-state index in [0.29, 0.717) is 13.2 Å². The molecule has 0 amide bonds. The molecule has 1 aliphatic carbocycles. The maximum absolute atomic E-state index is 10.9. The third-order valence-electron chi connectivity index (χ3n) is 6.30. The third-order valence-corrected chi connectivity index (χ3v) is 7.46. The number of aliphatic hydroxyl groups is 1. The fourth-order valence-electron chi connectivity index (χ4n) is 4.66. The standard InChI is InChI=1S/C21H23N7O2S/c29-21(28-3-5-30-6-4-28)12-1-2-14-16(7-12)31-20-18(14)19(23-11-24-20)26-17-8-13-9-25-27-15(13)10-22-17/h8-12,21,29H,1-7H2,(H,25,27)(H,22,23,24,26)/t12-,21?/m0/s1. The van der Waals surface area contributed by atoms with Gasteiger partial charge in [-0.15, -0.1) is 11.3 Å². The van der Waals surface area contributed by atoms with E-state index >= 15 is 0 Å². The first-order valence-corrected chi connectivity index (χ1v) is 11.4. The van der Waals surface area contributed by atoms with Gasteiger partial charge in [0.15, 0.2) is 0 Å². The number of aliphatic hydroxyl groups excluding tert-OH is 1. The van der Waals surface area contributed by atoms with Crippen molar-refractivity contribution in [1.29, 1.82) is 0 Å². The molecule has 9 nitrogen and oxygen atoms in total. The van der Waals surface area contributed by atoms with Crippen molar-refractivity contribution < 1.29 is 9.84 Å². The predicted octanol–water partition coefficient (Wildman–Crippen LogP) is 2.46. The number of rotatable bonds is 4. The number of morpholine rings is 1. The molecule has 5 heterocycles. The molecule has 1 aliphatic heterocycles. The topological polar surface area (TPSA) is 112 Å². The summed E-state index contributed by atoms with van der Waals surface area (Å²) in [5, 5.41) is 23.4. The molecule has 10 heteroatoms. The number of aryl methyl sites for hydroxylation is 1. The van der Waals surface area contributed by atoms with Gasteiger partial charge in [0.05, 0.1) is 36.5 Å². The van der Waals surface area contributed by atoms with Gasteiger partial charge in [-0.1, -0.05) is 0 Å². The molecule has 0 aromatic carbocycles. The number of nitrogens with one attached hydrogen (secondary N) is 2. The van der Waals surface area contributed by atoms with Gasteiger partial charge in [-0.05, 0) is 30.9 Å². The number of anilines is 2. The van der Waals surface area contributed by atoms with Crippen molar-refractivity contribution >= 4 is 44.1 Å². The highest BCUT2D eigenvalue weighted by Crippen LogP contribution is 2.41. The Bertz CT molecular complexity index is 1230. The van der Waals surface area contributed by atoms with Gasteiger partial charge >= 0.3 is 0 Å². The monoisotopic (exact) mass is 437 g/mol. The van der Waals surface area contributed by atoms with E-state index in [0.717, 1.165) is 65.1 Å². The van der Waals surface area contributed by atoms with Gasteiger partial charge in [-0.25, -0.2) is 15.0 Å². The smallest absolute Gasteiger partial charge is 0.144 e. The molecule has 1 unspecified atom stereocenters. The van der Waals surface area contributed by atoms with Crippen molar-refractivity contribution in [2.45, 2.75) is 25.5 Å². The van der Waals surface area contributed by atoms with E-state index < -0.39 is 6.23 Å². The molecule has 160 valence electrons. The molecule has 0 saturated carbocycles. The summed E-state index contributed by atoms with van der Waals surface area (Å²) >= 11 is 1.72. The zero-order chi connectivity index (χ0) is 20.8. The summed E-state index contributed by atoms with van der Waals surface area (Å²) in [7, 11) is 0. The Morgan fingerprint density at radius 1 is 1.23 bits per heavy atom. The summed E-state index contributed by atoms with van der Waals surface area (Å²) in [6.45, 7) is 2.98. The van der Waals surface area contributed by atoms with E-state index in [2.05, 4.69) is 35.4 Å². The second-order valence-electron chi connectivity index (χ2n) is 8.12. The van der Waals surface area contributed by atoms with Crippen LogP contribution in [0, 0.1) is 5.92 Å². The van der Waals surface area contributed by atoms with E-state index in [1.54, 1.807) is 30.1 Å². The Balaban J connectivity index is 1.29. The second kappa shape index (κ2) is 7.79. The van der Waals surface area contributed by atoms with Gasteiger partial charge in [0.25, 0.3) is 0 Å². The Hall–Kier alpha value is -2.66. The highest BCUT2D eigenvalue weighted by molar-refractivity contribution is 7.19. The minimum absolute atomic E-state index is 0.230. The molecule has 0 spiro atoms. The van der Waals surface area contributed by atoms with Crippen LogP contribution in [-0.4, -0.2) is 67.7 Å². The van der Waals surface area contributed by atoms with Gasteiger partial charge in [-0.2, -0.15) is 5.10 Å². The van der Waals surface area contributed by atoms with Gasteiger partial charge in [-0.3, -0.25) is 10.00 Å². The molecule has 0 radical (unpaired) electrons. The molecule has 4 aromatic rings. The fourth-order valence-corrected chi connectivity index (χ4v) is 5.94. The number of H-pyrrole nitrogens is 1. The SMILES string of the molecule is OC([C@H]1CCc2c(sc3ncnc(Nc4cc5cn[nH]c5cn4)c23)C1)N1CCOCC1. The van der Waals surface area contributed by atoms with E-state index in [4.69, 9.17) is 4.74 Å². The Morgan fingerprint density at radius 3 is 3.03 bits per heavy atom. The second-order valence-corrected chi connectivity index (χ2v) is 9.21. The van der Waals surface area contributed by atoms with Crippen LogP contribution >= 0.6 is 11.3 Å². The number of hydrogen-bond donors (Lipinski definition) is 3. The number of nitrogens with zero attached hydrogens (tertiary/aromatic N) is 5. The van der Waals surface area contributed by atoms with Crippen LogP contribution in [0.1, 0.15) is 16.9 Å². The highest BCUT2D eigenvalue weighted by Gasteiger charge is 2.32. The summed E-state index contributed by atoms with van der Waals surface area (Å²) in [4.78, 5) is 18.0. The lowest BCUT2D eigenvalue weighted by Gasteiger charge is -2.37. The maximum atomic E-state index is 10.9. The predicted molar refractivity (Wildman–Crippen MR) is 119 cm³/mol. The normalized spacial score (nSPS) is 20.7. The zero-order valence-corrected chi connectivity index (χ0v) is 17.7. The van der Waals surface area contributed by atoms with Crippen molar-refractivity contribution in [1.82, 2.24) is 30.0 Å². The van der Waals surface area contributed by atoms with E-state index in [1.165, 1.54) is 10.4 Å². The lowest BCUT2D eigenvalue weighted by Crippen LogP contribution is -2.48. The van der Waals surface area contributed by atoms with Gasteiger partial charge in [0.1, 0.15) is 29.0 Å². The molecule has 1 saturated heterocycles. The lowest BCUT2D eigenvalue weighted by atomic mass is 9.86. The molecule has 6 rings (SSSR count). The van der Waals surface area contributed by atoms with Gasteiger partial charge < -0.3 is 15.2 Å². The largest absolute Gasteiger partial charge is 0.379 e. The molecule has 2 aliphatic rings. The molecule has 0 bridgehead atoms. The number of aromatic nitrogens is 5. The molecule has 1 fully saturated rings. The van der Waals surface area contributed by atoms with Crippen molar-refractivity contribution in [2.75, 3.05) is 31.6 Å². The number of aromatic amines is 1. The molecule has 3 N–H and O–H groups in total. The fraction of sp³-hybridized carbons (Fsp3) is 0.429. The number of hydrogen-bond acceptors (Lipinski definition) is 9. The van der Waals surface area contributed by atoms with E-state index in [-0.39, 0.29) is 5.92 Å². The number of ether oxygens (including phenoxy) is 1. The molecule has 2 atom stereocenters. The average molecular weight is 438 g/mol. The van der Waals surface area contributed by atoms with Crippen LogP contribution in [0.25, 0.3) is 21.1 Å². The van der Waals surface area contributed by atoms with Gasteiger partial charge in [0, 0.05) is 29.3 Å². The summed E-state index contributed by atoms with van der Waals surface area (Å²) in [5.41, 5.74) is 2.20. The Morgan fingerprint density at radius 2 is 2.13 bits per heavy atom. The van der Waals surface area contributed by atoms with Crippen molar-refractivity contribution in [3.05, 3.63) is 35.2 Å². The summed E-state index contributed by atoms with van der Waals surface area (Å²) < 4.78 is 5.43. The first kappa shape index (κ1) is 19.1. The van der Waals surface area contributed by atoms with E-state index in [1.807, 2.05) is 6.07 Å². The summed E-state index contributed by atoms with van der Waals surface area (Å²) in [6, 6.07) is 1.96. The van der Waals surface area contributed by atoms with Gasteiger partial charge in [0.2, 0.25) is 0 Å². The number of pyridine rings is 1. The van der Waals surface area contributed by atoms with Crippen molar-refractivity contribution in [3.8, 4) is 0 Å². The quantitative estimate of drug-likeness (QED) is 0.446. The minimum Gasteiger partial charge on any atom is -0.379 e. The molecular formula is C21H23N7O2S. The summed E-state index contributed by atoms with van der Waals surface area (Å²) in [5.74, 6) is 1.74. The number of fused-ring (bicyclic) bond motifs is 4. The number of thiophene rings is 1. The Kier molecular flexibility index (Phi) is 4.79. The maximum Gasteiger partial charge on any atom is 0.144 e. The van der Waals surface area contributed by atoms with Crippen LogP contribution in [0.2, 0.25) is 0 Å². The first-order valence-electron chi connectivity index (χ1n) is 10.6. The lowest BCUT2D eigenvalue weighted by molar-refractivity contribution is -0.0877. The van der Waals surface area contributed by atoms with Crippen LogP contribution < -0.4 is 5.32 Å².